The van der Waals surface area contributed by atoms with Gasteiger partial charge in [-0.25, -0.2) is 0 Å². The summed E-state index contributed by atoms with van der Waals surface area (Å²) in [5, 5.41) is 7.10. The van der Waals surface area contributed by atoms with E-state index in [-0.39, 0.29) is 12.4 Å². The molecule has 2 N–H and O–H groups in total. The first-order valence-corrected chi connectivity index (χ1v) is 5.96. The molecule has 15 heavy (non-hydrogen) atoms. The Balaban J connectivity index is 0.00000112. The lowest BCUT2D eigenvalue weighted by Crippen LogP contribution is -2.56. The molecule has 2 aliphatic rings. The zero-order valence-corrected chi connectivity index (χ0v) is 10.6. The molecule has 0 amide bonds. The van der Waals surface area contributed by atoms with Crippen molar-refractivity contribution in [1.82, 2.24) is 15.5 Å². The monoisotopic (exact) mass is 233 g/mol. The summed E-state index contributed by atoms with van der Waals surface area (Å²) in [6.07, 6.45) is 2.73. The van der Waals surface area contributed by atoms with E-state index in [1.54, 1.807) is 0 Å². The summed E-state index contributed by atoms with van der Waals surface area (Å²) in [6, 6.07) is 2.11. The fraction of sp³-hybridized carbons (Fsp3) is 1.00. The minimum atomic E-state index is 0. The van der Waals surface area contributed by atoms with Crippen LogP contribution in [0.25, 0.3) is 0 Å². The molecule has 2 saturated heterocycles. The molecule has 2 rings (SSSR count). The zero-order valence-electron chi connectivity index (χ0n) is 9.83. The normalized spacial score (nSPS) is 37.6. The molecule has 2 aliphatic heterocycles. The summed E-state index contributed by atoms with van der Waals surface area (Å²) in [7, 11) is 0. The van der Waals surface area contributed by atoms with Gasteiger partial charge in [0.15, 0.2) is 0 Å². The van der Waals surface area contributed by atoms with Crippen LogP contribution in [0, 0.1) is 0 Å². The Hall–Kier alpha value is 0.170. The largest absolute Gasteiger partial charge is 0.313 e. The van der Waals surface area contributed by atoms with E-state index in [4.69, 9.17) is 0 Å². The van der Waals surface area contributed by atoms with Crippen molar-refractivity contribution >= 4 is 12.4 Å². The Morgan fingerprint density at radius 2 is 2.07 bits per heavy atom. The third kappa shape index (κ3) is 3.59. The van der Waals surface area contributed by atoms with Crippen molar-refractivity contribution in [2.45, 2.75) is 44.8 Å². The maximum Gasteiger partial charge on any atom is 0.0195 e. The van der Waals surface area contributed by atoms with Crippen molar-refractivity contribution in [2.24, 2.45) is 0 Å². The molecule has 0 bridgehead atoms. The Bertz CT molecular complexity index is 183. The highest BCUT2D eigenvalue weighted by Gasteiger charge is 2.25. The Kier molecular flexibility index (Phi) is 5.33. The topological polar surface area (TPSA) is 27.3 Å². The van der Waals surface area contributed by atoms with E-state index in [0.29, 0.717) is 12.1 Å². The number of hydrogen-bond acceptors (Lipinski definition) is 3. The summed E-state index contributed by atoms with van der Waals surface area (Å²) in [5.41, 5.74) is 0. The van der Waals surface area contributed by atoms with Crippen LogP contribution in [0.4, 0.5) is 0 Å². The lowest BCUT2D eigenvalue weighted by atomic mass is 10.1. The SMILES string of the molecule is CC1CN(C[C@@H]2CCCN2)C(C)CN1.Cl. The highest BCUT2D eigenvalue weighted by molar-refractivity contribution is 5.85. The van der Waals surface area contributed by atoms with Crippen molar-refractivity contribution < 1.29 is 0 Å². The van der Waals surface area contributed by atoms with Crippen LogP contribution in [0.15, 0.2) is 0 Å². The molecule has 0 aromatic heterocycles. The number of hydrogen-bond donors (Lipinski definition) is 2. The van der Waals surface area contributed by atoms with Gasteiger partial charge < -0.3 is 10.6 Å². The van der Waals surface area contributed by atoms with Crippen LogP contribution in [0.1, 0.15) is 26.7 Å². The van der Waals surface area contributed by atoms with Crippen molar-refractivity contribution in [3.63, 3.8) is 0 Å². The average Bonchev–Trinajstić information content (AvgIpc) is 2.64. The zero-order chi connectivity index (χ0) is 9.97. The fourth-order valence-corrected chi connectivity index (χ4v) is 2.55. The number of nitrogens with zero attached hydrogens (tertiary/aromatic N) is 1. The van der Waals surface area contributed by atoms with Crippen molar-refractivity contribution in [3.8, 4) is 0 Å². The fourth-order valence-electron chi connectivity index (χ4n) is 2.55. The average molecular weight is 234 g/mol. The van der Waals surface area contributed by atoms with Gasteiger partial charge in [0.25, 0.3) is 0 Å². The number of halogens is 1. The van der Waals surface area contributed by atoms with Crippen LogP contribution >= 0.6 is 12.4 Å². The third-order valence-electron chi connectivity index (χ3n) is 3.51. The molecule has 4 heteroatoms. The summed E-state index contributed by atoms with van der Waals surface area (Å²) < 4.78 is 0. The van der Waals surface area contributed by atoms with Gasteiger partial charge in [-0.05, 0) is 33.2 Å². The van der Waals surface area contributed by atoms with E-state index in [0.717, 1.165) is 12.6 Å². The van der Waals surface area contributed by atoms with Crippen LogP contribution < -0.4 is 10.6 Å². The summed E-state index contributed by atoms with van der Waals surface area (Å²) in [6.45, 7) is 9.43. The molecule has 2 unspecified atom stereocenters. The molecular formula is C11H24ClN3. The molecule has 0 aliphatic carbocycles. The Morgan fingerprint density at radius 1 is 1.27 bits per heavy atom. The molecule has 3 atom stereocenters. The van der Waals surface area contributed by atoms with E-state index >= 15 is 0 Å². The van der Waals surface area contributed by atoms with Gasteiger partial charge in [0.05, 0.1) is 0 Å². The molecule has 0 aromatic carbocycles. The van der Waals surface area contributed by atoms with E-state index < -0.39 is 0 Å². The van der Waals surface area contributed by atoms with Crippen molar-refractivity contribution in [1.29, 1.82) is 0 Å². The van der Waals surface area contributed by atoms with Gasteiger partial charge in [0.1, 0.15) is 0 Å². The number of piperazine rings is 1. The first kappa shape index (κ1) is 13.2. The first-order chi connectivity index (χ1) is 6.75. The van der Waals surface area contributed by atoms with Gasteiger partial charge in [0.2, 0.25) is 0 Å². The molecule has 0 spiro atoms. The molecular weight excluding hydrogens is 210 g/mol. The van der Waals surface area contributed by atoms with Gasteiger partial charge in [0, 0.05) is 37.8 Å². The predicted molar refractivity (Wildman–Crippen MR) is 66.8 cm³/mol. The summed E-state index contributed by atoms with van der Waals surface area (Å²) in [4.78, 5) is 2.63. The van der Waals surface area contributed by atoms with Gasteiger partial charge >= 0.3 is 0 Å². The second kappa shape index (κ2) is 6.04. The van der Waals surface area contributed by atoms with Crippen LogP contribution in [0.2, 0.25) is 0 Å². The van der Waals surface area contributed by atoms with E-state index in [2.05, 4.69) is 29.4 Å². The third-order valence-corrected chi connectivity index (χ3v) is 3.51. The molecule has 90 valence electrons. The maximum atomic E-state index is 3.58. The second-order valence-corrected chi connectivity index (χ2v) is 4.91. The molecule has 0 radical (unpaired) electrons. The standard InChI is InChI=1S/C11H23N3.ClH/c1-9-7-14(10(2)6-13-9)8-11-4-3-5-12-11;/h9-13H,3-8H2,1-2H3;1H/t9?,10?,11-;/m0./s1. The molecule has 3 nitrogen and oxygen atoms in total. The molecule has 2 heterocycles. The van der Waals surface area contributed by atoms with Crippen LogP contribution in [0.5, 0.6) is 0 Å². The lowest BCUT2D eigenvalue weighted by molar-refractivity contribution is 0.135. The number of rotatable bonds is 2. The molecule has 0 saturated carbocycles. The van der Waals surface area contributed by atoms with Gasteiger partial charge in [-0.15, -0.1) is 12.4 Å². The van der Waals surface area contributed by atoms with Crippen LogP contribution in [0.3, 0.4) is 0 Å². The number of nitrogens with one attached hydrogen (secondary N) is 2. The maximum absolute atomic E-state index is 3.58. The van der Waals surface area contributed by atoms with Crippen molar-refractivity contribution in [2.75, 3.05) is 26.2 Å². The Morgan fingerprint density at radius 3 is 2.73 bits per heavy atom. The highest BCUT2D eigenvalue weighted by atomic mass is 35.5. The minimum Gasteiger partial charge on any atom is -0.313 e. The molecule has 0 aromatic rings. The van der Waals surface area contributed by atoms with Gasteiger partial charge in [-0.2, -0.15) is 0 Å². The van der Waals surface area contributed by atoms with Crippen LogP contribution in [-0.4, -0.2) is 49.2 Å². The predicted octanol–water partition coefficient (Wildman–Crippen LogP) is 0.842. The smallest absolute Gasteiger partial charge is 0.0195 e. The van der Waals surface area contributed by atoms with E-state index in [9.17, 15) is 0 Å². The lowest BCUT2D eigenvalue weighted by Gasteiger charge is -2.38. The Labute approximate surface area is 99.4 Å². The van der Waals surface area contributed by atoms with Crippen LogP contribution in [-0.2, 0) is 0 Å². The van der Waals surface area contributed by atoms with Gasteiger partial charge in [-0.3, -0.25) is 4.90 Å². The van der Waals surface area contributed by atoms with Crippen molar-refractivity contribution in [3.05, 3.63) is 0 Å². The second-order valence-electron chi connectivity index (χ2n) is 4.91. The van der Waals surface area contributed by atoms with E-state index in [1.165, 1.54) is 32.5 Å². The van der Waals surface area contributed by atoms with E-state index in [1.807, 2.05) is 0 Å². The van der Waals surface area contributed by atoms with Gasteiger partial charge in [-0.1, -0.05) is 0 Å². The summed E-state index contributed by atoms with van der Waals surface area (Å²) in [5.74, 6) is 0. The minimum absolute atomic E-state index is 0. The molecule has 2 fully saturated rings. The quantitative estimate of drug-likeness (QED) is 0.741. The first-order valence-electron chi connectivity index (χ1n) is 5.96. The highest BCUT2D eigenvalue weighted by Crippen LogP contribution is 2.12. The summed E-state index contributed by atoms with van der Waals surface area (Å²) >= 11 is 0.